The Hall–Kier alpha value is -4.04. The molecule has 1 atom stereocenters. The zero-order valence-electron chi connectivity index (χ0n) is 18.8. The molecule has 1 aliphatic heterocycles. The van der Waals surface area contributed by atoms with Crippen LogP contribution in [-0.4, -0.2) is 28.4 Å². The largest absolute Gasteiger partial charge is 0.507 e. The van der Waals surface area contributed by atoms with E-state index in [9.17, 15) is 19.1 Å². The summed E-state index contributed by atoms with van der Waals surface area (Å²) in [5.41, 5.74) is 1.51. The molecule has 0 radical (unpaired) electrons. The highest BCUT2D eigenvalue weighted by Gasteiger charge is 2.48. The Balaban J connectivity index is 1.67. The number of hydrogen-bond donors (Lipinski definition) is 1. The van der Waals surface area contributed by atoms with Crippen LogP contribution in [0, 0.1) is 5.82 Å². The first-order chi connectivity index (χ1) is 17.0. The second-order valence-electron chi connectivity index (χ2n) is 8.06. The maximum atomic E-state index is 13.8. The average molecular weight is 489 g/mol. The smallest absolute Gasteiger partial charge is 0.301 e. The molecule has 176 valence electrons. The second kappa shape index (κ2) is 9.31. The number of aliphatic hydroxyl groups is 1. The molecule has 1 saturated heterocycles. The number of fused-ring (bicyclic) bond motifs is 1. The van der Waals surface area contributed by atoms with Gasteiger partial charge in [0, 0.05) is 5.56 Å². The quantitative estimate of drug-likeness (QED) is 0.209. The molecule has 1 fully saturated rings. The van der Waals surface area contributed by atoms with Crippen molar-refractivity contribution in [1.82, 2.24) is 4.98 Å². The summed E-state index contributed by atoms with van der Waals surface area (Å²) in [6.07, 6.45) is 0.858. The molecule has 6 nitrogen and oxygen atoms in total. The van der Waals surface area contributed by atoms with Gasteiger partial charge in [0.25, 0.3) is 5.78 Å². The van der Waals surface area contributed by atoms with Gasteiger partial charge in [0.15, 0.2) is 5.13 Å². The molecule has 5 rings (SSSR count). The van der Waals surface area contributed by atoms with E-state index in [1.807, 2.05) is 6.92 Å². The van der Waals surface area contributed by atoms with Crippen molar-refractivity contribution in [2.75, 3.05) is 11.5 Å². The van der Waals surface area contributed by atoms with Crippen LogP contribution < -0.4 is 9.64 Å². The third-order valence-electron chi connectivity index (χ3n) is 5.71. The predicted octanol–water partition coefficient (Wildman–Crippen LogP) is 5.85. The van der Waals surface area contributed by atoms with Crippen LogP contribution in [0.1, 0.15) is 30.5 Å². The highest BCUT2D eigenvalue weighted by atomic mass is 32.1. The van der Waals surface area contributed by atoms with E-state index in [0.717, 1.165) is 17.8 Å². The SMILES string of the molecule is CCCOc1ccc(C2C(=C(O)c3ccccc3)C(=O)C(=O)N2c2nc3ccc(F)cc3s2)cc1. The van der Waals surface area contributed by atoms with Crippen molar-refractivity contribution in [3.8, 4) is 5.75 Å². The summed E-state index contributed by atoms with van der Waals surface area (Å²) >= 11 is 1.11. The van der Waals surface area contributed by atoms with Crippen molar-refractivity contribution >= 4 is 44.1 Å². The normalized spacial score (nSPS) is 17.3. The molecule has 0 aliphatic carbocycles. The summed E-state index contributed by atoms with van der Waals surface area (Å²) in [6, 6.07) is 18.9. The minimum atomic E-state index is -0.916. The van der Waals surface area contributed by atoms with Crippen molar-refractivity contribution in [3.05, 3.63) is 95.3 Å². The van der Waals surface area contributed by atoms with E-state index in [4.69, 9.17) is 4.74 Å². The molecular weight excluding hydrogens is 467 g/mol. The highest BCUT2D eigenvalue weighted by molar-refractivity contribution is 7.22. The van der Waals surface area contributed by atoms with E-state index in [0.29, 0.717) is 33.7 Å². The fourth-order valence-electron chi connectivity index (χ4n) is 4.05. The van der Waals surface area contributed by atoms with Crippen molar-refractivity contribution in [3.63, 3.8) is 0 Å². The first kappa shape index (κ1) is 22.7. The number of hydrogen-bond acceptors (Lipinski definition) is 6. The van der Waals surface area contributed by atoms with E-state index >= 15 is 0 Å². The molecule has 1 N–H and O–H groups in total. The van der Waals surface area contributed by atoms with E-state index < -0.39 is 23.5 Å². The number of carbonyl (C=O) groups is 2. The van der Waals surface area contributed by atoms with Gasteiger partial charge in [0.2, 0.25) is 0 Å². The first-order valence-electron chi connectivity index (χ1n) is 11.1. The second-order valence-corrected chi connectivity index (χ2v) is 9.07. The van der Waals surface area contributed by atoms with Gasteiger partial charge < -0.3 is 9.84 Å². The fraction of sp³-hybridized carbons (Fsp3) is 0.148. The molecule has 8 heteroatoms. The van der Waals surface area contributed by atoms with Gasteiger partial charge in [0.1, 0.15) is 17.3 Å². The van der Waals surface area contributed by atoms with Crippen LogP contribution in [0.4, 0.5) is 9.52 Å². The maximum absolute atomic E-state index is 13.8. The Morgan fingerprint density at radius 1 is 1.09 bits per heavy atom. The lowest BCUT2D eigenvalue weighted by atomic mass is 9.95. The number of amides is 1. The van der Waals surface area contributed by atoms with Crippen molar-refractivity contribution in [1.29, 1.82) is 0 Å². The molecule has 1 unspecified atom stereocenters. The van der Waals surface area contributed by atoms with Gasteiger partial charge in [-0.1, -0.05) is 60.7 Å². The van der Waals surface area contributed by atoms with Gasteiger partial charge in [0.05, 0.1) is 28.4 Å². The zero-order chi connectivity index (χ0) is 24.5. The van der Waals surface area contributed by atoms with Gasteiger partial charge >= 0.3 is 5.91 Å². The van der Waals surface area contributed by atoms with Crippen LogP contribution >= 0.6 is 11.3 Å². The summed E-state index contributed by atoms with van der Waals surface area (Å²) < 4.78 is 20.0. The zero-order valence-corrected chi connectivity index (χ0v) is 19.6. The van der Waals surface area contributed by atoms with Crippen LogP contribution in [0.3, 0.4) is 0 Å². The van der Waals surface area contributed by atoms with Crippen LogP contribution in [-0.2, 0) is 9.59 Å². The van der Waals surface area contributed by atoms with Crippen molar-refractivity contribution in [2.45, 2.75) is 19.4 Å². The molecule has 0 spiro atoms. The number of ether oxygens (including phenoxy) is 1. The number of ketones is 1. The number of benzene rings is 3. The summed E-state index contributed by atoms with van der Waals surface area (Å²) in [6.45, 7) is 2.57. The Bertz CT molecular complexity index is 1450. The standard InChI is InChI=1S/C27H21FN2O4S/c1-2-14-34-19-11-8-16(9-12-19)23-22(24(31)17-6-4-3-5-7-17)25(32)26(33)30(23)27-29-20-13-10-18(28)15-21(20)35-27/h3-13,15,23,31H,2,14H2,1H3. The van der Waals surface area contributed by atoms with E-state index in [-0.39, 0.29) is 16.5 Å². The summed E-state index contributed by atoms with van der Waals surface area (Å²) in [5.74, 6) is -1.65. The monoisotopic (exact) mass is 488 g/mol. The average Bonchev–Trinajstić information content (AvgIpc) is 3.40. The number of Topliss-reactive ketones (excluding diaryl/α,β-unsaturated/α-hetero) is 1. The maximum Gasteiger partial charge on any atom is 0.301 e. The van der Waals surface area contributed by atoms with E-state index in [1.54, 1.807) is 54.6 Å². The van der Waals surface area contributed by atoms with Crippen LogP contribution in [0.25, 0.3) is 16.0 Å². The third-order valence-corrected chi connectivity index (χ3v) is 6.72. The van der Waals surface area contributed by atoms with Gasteiger partial charge in [-0.25, -0.2) is 9.37 Å². The lowest BCUT2D eigenvalue weighted by molar-refractivity contribution is -0.132. The number of nitrogens with zero attached hydrogens (tertiary/aromatic N) is 2. The lowest BCUT2D eigenvalue weighted by Crippen LogP contribution is -2.29. The number of thiazole rings is 1. The molecule has 35 heavy (non-hydrogen) atoms. The molecule has 1 aromatic heterocycles. The Morgan fingerprint density at radius 3 is 2.54 bits per heavy atom. The predicted molar refractivity (Wildman–Crippen MR) is 133 cm³/mol. The molecule has 0 saturated carbocycles. The summed E-state index contributed by atoms with van der Waals surface area (Å²) in [7, 11) is 0. The van der Waals surface area contributed by atoms with E-state index in [2.05, 4.69) is 4.98 Å². The number of carbonyl (C=O) groups excluding carboxylic acids is 2. The molecule has 4 aromatic rings. The number of anilines is 1. The summed E-state index contributed by atoms with van der Waals surface area (Å²) in [4.78, 5) is 32.3. The van der Waals surface area contributed by atoms with Crippen LogP contribution in [0.2, 0.25) is 0 Å². The highest BCUT2D eigenvalue weighted by Crippen LogP contribution is 2.44. The Labute approximate surface area is 204 Å². The summed E-state index contributed by atoms with van der Waals surface area (Å²) in [5, 5.41) is 11.4. The van der Waals surface area contributed by atoms with E-state index in [1.165, 1.54) is 23.1 Å². The minimum absolute atomic E-state index is 0.0335. The molecule has 2 heterocycles. The number of aromatic nitrogens is 1. The third kappa shape index (κ3) is 4.17. The topological polar surface area (TPSA) is 79.7 Å². The molecule has 3 aromatic carbocycles. The molecule has 0 bridgehead atoms. The molecule has 1 aliphatic rings. The van der Waals surface area contributed by atoms with Gasteiger partial charge in [-0.3, -0.25) is 14.5 Å². The van der Waals surface area contributed by atoms with Crippen molar-refractivity contribution in [2.24, 2.45) is 0 Å². The first-order valence-corrected chi connectivity index (χ1v) is 11.9. The number of rotatable bonds is 6. The van der Waals surface area contributed by atoms with Gasteiger partial charge in [-0.15, -0.1) is 0 Å². The number of aliphatic hydroxyl groups excluding tert-OH is 1. The number of halogens is 1. The van der Waals surface area contributed by atoms with Crippen LogP contribution in [0.5, 0.6) is 5.75 Å². The van der Waals surface area contributed by atoms with Gasteiger partial charge in [-0.05, 0) is 42.3 Å². The van der Waals surface area contributed by atoms with Crippen LogP contribution in [0.15, 0.2) is 78.4 Å². The Kier molecular flexibility index (Phi) is 6.05. The fourth-order valence-corrected chi connectivity index (χ4v) is 5.07. The molecular formula is C27H21FN2O4S. The molecule has 1 amide bonds. The van der Waals surface area contributed by atoms with Gasteiger partial charge in [-0.2, -0.15) is 0 Å². The lowest BCUT2D eigenvalue weighted by Gasteiger charge is -2.23. The Morgan fingerprint density at radius 2 is 1.83 bits per heavy atom. The van der Waals surface area contributed by atoms with Crippen molar-refractivity contribution < 1.29 is 23.8 Å². The minimum Gasteiger partial charge on any atom is -0.507 e.